The normalized spacial score (nSPS) is 23.0. The van der Waals surface area contributed by atoms with E-state index in [-0.39, 0.29) is 42.2 Å². The standard InChI is InChI=1S/C37H30BrCl2FN6O8/c1-43-25-16-29(55-3)28(54-2)15-24(25)42-23(31(43)49)11-12-44-34(52)45-13-10-21-26(47(45)35(44)53)17-36(39)32(50)46(20-7-5-19(41)6-8-20)33(51)37(36,40)30(21)22-14-18(38)4-9-27(22)48/h4-10,14-16,26,30,48H,11-13,17H2,1-3H3/t26-,30-,36-,37+/m1/s1. The summed E-state index contributed by atoms with van der Waals surface area (Å²) >= 11 is 18.1. The number of hydrogen-bond acceptors (Lipinski definition) is 9. The lowest BCUT2D eigenvalue weighted by Gasteiger charge is -2.49. The topological polar surface area (TPSA) is 160 Å². The number of amides is 2. The Labute approximate surface area is 328 Å². The largest absolute Gasteiger partial charge is 0.508 e. The molecule has 14 nitrogen and oxygen atoms in total. The molecule has 2 fully saturated rings. The molecule has 4 atom stereocenters. The third kappa shape index (κ3) is 5.17. The molecule has 18 heteroatoms. The second-order valence-electron chi connectivity index (χ2n) is 13.5. The Balaban J connectivity index is 1.23. The maximum atomic E-state index is 14.5. The summed E-state index contributed by atoms with van der Waals surface area (Å²) < 4.78 is 29.9. The zero-order valence-electron chi connectivity index (χ0n) is 29.3. The zero-order valence-corrected chi connectivity index (χ0v) is 32.4. The van der Waals surface area contributed by atoms with Crippen molar-refractivity contribution in [3.63, 3.8) is 0 Å². The van der Waals surface area contributed by atoms with Crippen LogP contribution in [0.2, 0.25) is 0 Å². The number of aromatic nitrogens is 5. The lowest BCUT2D eigenvalue weighted by Crippen LogP contribution is -2.59. The van der Waals surface area contributed by atoms with E-state index in [0.29, 0.717) is 32.6 Å². The molecule has 1 N–H and O–H groups in total. The summed E-state index contributed by atoms with van der Waals surface area (Å²) in [6.45, 7) is -0.368. The lowest BCUT2D eigenvalue weighted by molar-refractivity contribution is -0.122. The number of hydrogen-bond donors (Lipinski definition) is 1. The van der Waals surface area contributed by atoms with Crippen LogP contribution in [0.3, 0.4) is 0 Å². The average molecular weight is 856 g/mol. The summed E-state index contributed by atoms with van der Waals surface area (Å²) in [5.41, 5.74) is -0.376. The van der Waals surface area contributed by atoms with Crippen LogP contribution in [0.1, 0.15) is 29.6 Å². The van der Waals surface area contributed by atoms with Gasteiger partial charge in [-0.25, -0.2) is 37.8 Å². The maximum Gasteiger partial charge on any atom is 0.347 e. The van der Waals surface area contributed by atoms with Crippen LogP contribution in [0.5, 0.6) is 17.2 Å². The van der Waals surface area contributed by atoms with Crippen molar-refractivity contribution < 1.29 is 28.6 Å². The minimum Gasteiger partial charge on any atom is -0.508 e. The number of methoxy groups -OCH3 is 2. The molecule has 2 aliphatic heterocycles. The molecule has 3 aliphatic rings. The number of phenolic OH excluding ortho intramolecular Hbond substituents is 1. The highest BCUT2D eigenvalue weighted by Gasteiger charge is 2.76. The van der Waals surface area contributed by atoms with E-state index in [4.69, 9.17) is 32.7 Å². The van der Waals surface area contributed by atoms with Gasteiger partial charge >= 0.3 is 11.4 Å². The molecule has 1 aliphatic carbocycles. The van der Waals surface area contributed by atoms with Crippen LogP contribution in [0.15, 0.2) is 85.1 Å². The molecule has 4 heterocycles. The third-order valence-electron chi connectivity index (χ3n) is 10.8. The Morgan fingerprint density at radius 1 is 0.964 bits per heavy atom. The first-order valence-corrected chi connectivity index (χ1v) is 18.5. The molecule has 0 spiro atoms. The summed E-state index contributed by atoms with van der Waals surface area (Å²) in [6, 6.07) is 11.3. The number of benzene rings is 3. The van der Waals surface area contributed by atoms with Gasteiger partial charge in [0.2, 0.25) is 0 Å². The fraction of sp³-hybridized carbons (Fsp3) is 0.297. The summed E-state index contributed by atoms with van der Waals surface area (Å²) in [5, 5.41) is 11.2. The molecule has 8 rings (SSSR count). The zero-order chi connectivity index (χ0) is 39.3. The minimum atomic E-state index is -2.25. The molecule has 0 unspecified atom stereocenters. The SMILES string of the molecule is COc1cc2nc(CCn3c(=O)n4n(c3=O)[C@@H]3C[C@@]5(Cl)C(=O)N(c6ccc(F)cc6)C(=O)[C@@]5(Cl)[C@@H](c5cc(Br)ccc5O)C3=CC4)c(=O)n(C)c2cc1OC. The van der Waals surface area contributed by atoms with Gasteiger partial charge in [0.1, 0.15) is 17.3 Å². The number of anilines is 1. The van der Waals surface area contributed by atoms with Gasteiger partial charge in [0, 0.05) is 54.5 Å². The second kappa shape index (κ2) is 13.0. The van der Waals surface area contributed by atoms with Crippen LogP contribution >= 0.6 is 39.1 Å². The average Bonchev–Trinajstić information content (AvgIpc) is 3.50. The molecule has 2 aromatic heterocycles. The van der Waals surface area contributed by atoms with Crippen molar-refractivity contribution in [2.24, 2.45) is 7.05 Å². The first-order chi connectivity index (χ1) is 26.2. The highest BCUT2D eigenvalue weighted by Crippen LogP contribution is 2.64. The highest BCUT2D eigenvalue weighted by molar-refractivity contribution is 9.10. The van der Waals surface area contributed by atoms with Crippen molar-refractivity contribution in [2.75, 3.05) is 19.1 Å². The van der Waals surface area contributed by atoms with E-state index in [1.807, 2.05) is 0 Å². The van der Waals surface area contributed by atoms with Gasteiger partial charge in [-0.15, -0.1) is 23.2 Å². The molecule has 3 aromatic carbocycles. The van der Waals surface area contributed by atoms with E-state index in [1.165, 1.54) is 46.3 Å². The fourth-order valence-electron chi connectivity index (χ4n) is 8.09. The number of imide groups is 1. The maximum absolute atomic E-state index is 14.5. The minimum absolute atomic E-state index is 0.0197. The Morgan fingerprint density at radius 3 is 2.35 bits per heavy atom. The summed E-state index contributed by atoms with van der Waals surface area (Å²) in [5.74, 6) is -3.17. The van der Waals surface area contributed by atoms with Gasteiger partial charge in [-0.2, -0.15) is 0 Å². The van der Waals surface area contributed by atoms with Crippen LogP contribution in [0.25, 0.3) is 11.0 Å². The Kier molecular flexibility index (Phi) is 8.66. The van der Waals surface area contributed by atoms with E-state index in [2.05, 4.69) is 20.9 Å². The molecule has 55 heavy (non-hydrogen) atoms. The molecule has 0 radical (unpaired) electrons. The van der Waals surface area contributed by atoms with Crippen molar-refractivity contribution in [1.82, 2.24) is 23.5 Å². The summed E-state index contributed by atoms with van der Waals surface area (Å²) in [7, 11) is 4.51. The van der Waals surface area contributed by atoms with E-state index in [0.717, 1.165) is 21.6 Å². The van der Waals surface area contributed by atoms with E-state index in [9.17, 15) is 33.5 Å². The number of aryl methyl sites for hydroxylation is 2. The number of rotatable bonds is 7. The van der Waals surface area contributed by atoms with Crippen molar-refractivity contribution >= 4 is 67.7 Å². The van der Waals surface area contributed by atoms with Crippen LogP contribution < -0.4 is 31.3 Å². The number of carbonyl (C=O) groups excluding carboxylic acids is 2. The van der Waals surface area contributed by atoms with E-state index in [1.54, 1.807) is 37.4 Å². The number of allylic oxidation sites excluding steroid dienone is 2. The van der Waals surface area contributed by atoms with Crippen LogP contribution in [0, 0.1) is 5.82 Å². The number of phenols is 1. The first-order valence-electron chi connectivity index (χ1n) is 16.9. The number of halogens is 4. The second-order valence-corrected chi connectivity index (χ2v) is 15.7. The predicted molar refractivity (Wildman–Crippen MR) is 203 cm³/mol. The molecule has 0 bridgehead atoms. The fourth-order valence-corrected chi connectivity index (χ4v) is 9.38. The molecule has 1 saturated heterocycles. The number of nitrogens with zero attached hydrogens (tertiary/aromatic N) is 6. The smallest absolute Gasteiger partial charge is 0.347 e. The first kappa shape index (κ1) is 36.8. The van der Waals surface area contributed by atoms with Crippen molar-refractivity contribution in [2.45, 2.75) is 47.6 Å². The Morgan fingerprint density at radius 2 is 1.65 bits per heavy atom. The molecular formula is C37H30BrCl2FN6O8. The van der Waals surface area contributed by atoms with Gasteiger partial charge in [-0.1, -0.05) is 22.0 Å². The Bertz CT molecular complexity index is 2710. The van der Waals surface area contributed by atoms with Crippen molar-refractivity contribution in [1.29, 1.82) is 0 Å². The summed E-state index contributed by atoms with van der Waals surface area (Å²) in [4.78, 5) is 71.5. The van der Waals surface area contributed by atoms with Gasteiger partial charge in [0.05, 0.1) is 43.5 Å². The van der Waals surface area contributed by atoms with Crippen LogP contribution in [0.4, 0.5) is 10.1 Å². The number of aromatic hydroxyl groups is 1. The van der Waals surface area contributed by atoms with Gasteiger partial charge in [-0.3, -0.25) is 14.4 Å². The molecule has 2 amide bonds. The number of alkyl halides is 2. The molecular weight excluding hydrogens is 826 g/mol. The Hall–Kier alpha value is -5.19. The van der Waals surface area contributed by atoms with Crippen molar-refractivity contribution in [3.8, 4) is 17.2 Å². The van der Waals surface area contributed by atoms with E-state index < -0.39 is 62.7 Å². The molecule has 5 aromatic rings. The number of fused-ring (bicyclic) bond motifs is 5. The third-order valence-corrected chi connectivity index (χ3v) is 12.7. The monoisotopic (exact) mass is 854 g/mol. The quantitative estimate of drug-likeness (QED) is 0.144. The van der Waals surface area contributed by atoms with Gasteiger partial charge < -0.3 is 19.1 Å². The van der Waals surface area contributed by atoms with Gasteiger partial charge in [0.15, 0.2) is 21.2 Å². The number of carbonyl (C=O) groups is 2. The molecule has 1 saturated carbocycles. The lowest BCUT2D eigenvalue weighted by atomic mass is 9.64. The summed E-state index contributed by atoms with van der Waals surface area (Å²) in [6.07, 6.45) is 1.14. The number of ether oxygens (including phenoxy) is 2. The van der Waals surface area contributed by atoms with Crippen LogP contribution in [-0.2, 0) is 36.1 Å². The van der Waals surface area contributed by atoms with Gasteiger partial charge in [-0.05, 0) is 48.0 Å². The van der Waals surface area contributed by atoms with Crippen molar-refractivity contribution in [3.05, 3.63) is 119 Å². The predicted octanol–water partition coefficient (Wildman–Crippen LogP) is 4.12. The highest BCUT2D eigenvalue weighted by atomic mass is 79.9. The van der Waals surface area contributed by atoms with Crippen LogP contribution in [-0.4, -0.2) is 64.4 Å². The van der Waals surface area contributed by atoms with Gasteiger partial charge in [0.25, 0.3) is 17.4 Å². The van der Waals surface area contributed by atoms with E-state index >= 15 is 0 Å². The molecule has 284 valence electrons.